The molecular formula is C20H18ClNO4S. The summed E-state index contributed by atoms with van der Waals surface area (Å²) < 4.78 is 5.78. The number of H-pyrrole nitrogens is 1. The quantitative estimate of drug-likeness (QED) is 0.446. The molecule has 140 valence electrons. The van der Waals surface area contributed by atoms with E-state index in [1.54, 1.807) is 19.1 Å². The summed E-state index contributed by atoms with van der Waals surface area (Å²) >= 11 is 6.98. The molecule has 0 spiro atoms. The maximum atomic E-state index is 12.8. The molecule has 2 aromatic heterocycles. The first-order chi connectivity index (χ1) is 12.9. The van der Waals surface area contributed by atoms with E-state index in [0.29, 0.717) is 14.8 Å². The minimum Gasteiger partial charge on any atom is -0.454 e. The van der Waals surface area contributed by atoms with Gasteiger partial charge in [0.25, 0.3) is 0 Å². The summed E-state index contributed by atoms with van der Waals surface area (Å²) in [7, 11) is 0. The van der Waals surface area contributed by atoms with Crippen molar-refractivity contribution in [3.05, 3.63) is 56.9 Å². The third-order valence-corrected chi connectivity index (χ3v) is 5.49. The van der Waals surface area contributed by atoms with E-state index in [-0.39, 0.29) is 24.4 Å². The Morgan fingerprint density at radius 2 is 1.89 bits per heavy atom. The second kappa shape index (κ2) is 8.06. The number of hydrogen-bond donors (Lipinski definition) is 1. The molecule has 7 heteroatoms. The second-order valence-electron chi connectivity index (χ2n) is 6.19. The summed E-state index contributed by atoms with van der Waals surface area (Å²) in [6, 6.07) is 10.7. The predicted octanol–water partition coefficient (Wildman–Crippen LogP) is 4.97. The number of carbonyl (C=O) groups excluding carboxylic acids is 3. The fraction of sp³-hybridized carbons (Fsp3) is 0.250. The molecule has 27 heavy (non-hydrogen) atoms. The molecule has 5 nitrogen and oxygen atoms in total. The van der Waals surface area contributed by atoms with Gasteiger partial charge in [-0.1, -0.05) is 29.8 Å². The van der Waals surface area contributed by atoms with E-state index in [0.717, 1.165) is 16.6 Å². The molecule has 3 aromatic rings. The molecule has 1 atom stereocenters. The summed E-state index contributed by atoms with van der Waals surface area (Å²) in [5.74, 6) is -1.02. The lowest BCUT2D eigenvalue weighted by Crippen LogP contribution is -2.25. The lowest BCUT2D eigenvalue weighted by Gasteiger charge is -2.12. The minimum absolute atomic E-state index is 0.0166. The molecule has 0 aliphatic heterocycles. The van der Waals surface area contributed by atoms with Gasteiger partial charge in [0.15, 0.2) is 11.9 Å². The summed E-state index contributed by atoms with van der Waals surface area (Å²) in [4.78, 5) is 40.5. The number of thiophene rings is 1. The molecule has 0 saturated heterocycles. The van der Waals surface area contributed by atoms with Crippen molar-refractivity contribution in [2.75, 3.05) is 0 Å². The van der Waals surface area contributed by atoms with Crippen molar-refractivity contribution in [1.82, 2.24) is 4.98 Å². The number of carbonyl (C=O) groups is 3. The normalized spacial score (nSPS) is 12.1. The molecule has 0 aliphatic carbocycles. The van der Waals surface area contributed by atoms with Gasteiger partial charge in [-0.15, -0.1) is 11.3 Å². The highest BCUT2D eigenvalue weighted by atomic mass is 35.5. The van der Waals surface area contributed by atoms with Crippen LogP contribution in [0.3, 0.4) is 0 Å². The van der Waals surface area contributed by atoms with Crippen molar-refractivity contribution < 1.29 is 19.1 Å². The van der Waals surface area contributed by atoms with Gasteiger partial charge in [0.05, 0.1) is 15.6 Å². The number of aromatic amines is 1. The number of halogens is 1. The lowest BCUT2D eigenvalue weighted by atomic mass is 10.0. The zero-order valence-electron chi connectivity index (χ0n) is 14.9. The fourth-order valence-corrected chi connectivity index (χ4v) is 3.92. The molecule has 0 saturated carbocycles. The number of rotatable bonds is 7. The number of aromatic nitrogens is 1. The number of benzene rings is 1. The maximum absolute atomic E-state index is 12.8. The van der Waals surface area contributed by atoms with Crippen LogP contribution in [0.4, 0.5) is 0 Å². The van der Waals surface area contributed by atoms with E-state index >= 15 is 0 Å². The number of para-hydroxylation sites is 1. The number of hydrogen-bond acceptors (Lipinski definition) is 5. The van der Waals surface area contributed by atoms with Gasteiger partial charge >= 0.3 is 5.97 Å². The average molecular weight is 404 g/mol. The van der Waals surface area contributed by atoms with Crippen LogP contribution < -0.4 is 0 Å². The SMILES string of the molecule is Cc1[nH]c2ccccc2c1C(=O)[C@H](C)OC(=O)CCC(=O)c1ccc(Cl)s1. The number of nitrogens with one attached hydrogen (secondary N) is 1. The monoisotopic (exact) mass is 403 g/mol. The smallest absolute Gasteiger partial charge is 0.306 e. The highest BCUT2D eigenvalue weighted by Gasteiger charge is 2.24. The Hall–Kier alpha value is -2.44. The van der Waals surface area contributed by atoms with E-state index in [1.807, 2.05) is 31.2 Å². The van der Waals surface area contributed by atoms with E-state index in [4.69, 9.17) is 16.3 Å². The van der Waals surface area contributed by atoms with Crippen molar-refractivity contribution in [3.8, 4) is 0 Å². The number of aryl methyl sites for hydroxylation is 1. The van der Waals surface area contributed by atoms with Crippen LogP contribution in [0.1, 0.15) is 45.5 Å². The minimum atomic E-state index is -0.929. The van der Waals surface area contributed by atoms with Crippen LogP contribution in [0.2, 0.25) is 4.34 Å². The van der Waals surface area contributed by atoms with Crippen LogP contribution >= 0.6 is 22.9 Å². The van der Waals surface area contributed by atoms with Crippen molar-refractivity contribution in [2.24, 2.45) is 0 Å². The molecule has 0 aliphatic rings. The molecule has 1 aromatic carbocycles. The van der Waals surface area contributed by atoms with Crippen LogP contribution in [0.15, 0.2) is 36.4 Å². The maximum Gasteiger partial charge on any atom is 0.306 e. The first-order valence-corrected chi connectivity index (χ1v) is 9.66. The van der Waals surface area contributed by atoms with Crippen molar-refractivity contribution in [1.29, 1.82) is 0 Å². The van der Waals surface area contributed by atoms with Gasteiger partial charge in [-0.25, -0.2) is 0 Å². The zero-order chi connectivity index (χ0) is 19.6. The lowest BCUT2D eigenvalue weighted by molar-refractivity contribution is -0.146. The van der Waals surface area contributed by atoms with E-state index in [9.17, 15) is 14.4 Å². The van der Waals surface area contributed by atoms with Gasteiger partial charge in [-0.05, 0) is 32.0 Å². The van der Waals surface area contributed by atoms with E-state index in [1.165, 1.54) is 11.3 Å². The summed E-state index contributed by atoms with van der Waals surface area (Å²) in [6.07, 6.45) is -0.997. The molecule has 0 amide bonds. The van der Waals surface area contributed by atoms with E-state index < -0.39 is 12.1 Å². The molecular weight excluding hydrogens is 386 g/mol. The number of esters is 1. The summed E-state index contributed by atoms with van der Waals surface area (Å²) in [6.45, 7) is 3.36. The molecule has 0 bridgehead atoms. The largest absolute Gasteiger partial charge is 0.454 e. The first-order valence-electron chi connectivity index (χ1n) is 8.46. The highest BCUT2D eigenvalue weighted by Crippen LogP contribution is 2.25. The van der Waals surface area contributed by atoms with Crippen LogP contribution in [0.25, 0.3) is 10.9 Å². The molecule has 0 fully saturated rings. The van der Waals surface area contributed by atoms with E-state index in [2.05, 4.69) is 4.98 Å². The van der Waals surface area contributed by atoms with Crippen molar-refractivity contribution in [3.63, 3.8) is 0 Å². The van der Waals surface area contributed by atoms with Gasteiger partial charge in [-0.2, -0.15) is 0 Å². The summed E-state index contributed by atoms with van der Waals surface area (Å²) in [5, 5.41) is 0.799. The number of ketones is 2. The topological polar surface area (TPSA) is 76.2 Å². The first kappa shape index (κ1) is 19.3. The Morgan fingerprint density at radius 1 is 1.15 bits per heavy atom. The van der Waals surface area contributed by atoms with Crippen molar-refractivity contribution >= 4 is 51.4 Å². The average Bonchev–Trinajstić information content (AvgIpc) is 3.21. The Bertz CT molecular complexity index is 1020. The molecule has 3 rings (SSSR count). The fourth-order valence-electron chi connectivity index (χ4n) is 2.91. The Labute approximate surface area is 165 Å². The van der Waals surface area contributed by atoms with Crippen molar-refractivity contribution in [2.45, 2.75) is 32.8 Å². The molecule has 0 unspecified atom stereocenters. The van der Waals surface area contributed by atoms with Gasteiger partial charge in [0.1, 0.15) is 0 Å². The third-order valence-electron chi connectivity index (χ3n) is 4.22. The van der Waals surface area contributed by atoms with Crippen LogP contribution in [0.5, 0.6) is 0 Å². The number of fused-ring (bicyclic) bond motifs is 1. The second-order valence-corrected chi connectivity index (χ2v) is 7.91. The van der Waals surface area contributed by atoms with Gasteiger partial charge in [0.2, 0.25) is 5.78 Å². The van der Waals surface area contributed by atoms with Gasteiger partial charge < -0.3 is 9.72 Å². The molecule has 1 N–H and O–H groups in total. The summed E-state index contributed by atoms with van der Waals surface area (Å²) in [5.41, 5.74) is 2.11. The van der Waals surface area contributed by atoms with Crippen LogP contribution in [-0.2, 0) is 9.53 Å². The standard InChI is InChI=1S/C20H18ClNO4S/c1-11-19(13-5-3-4-6-14(13)22-11)20(25)12(2)26-18(24)10-7-15(23)16-8-9-17(21)27-16/h3-6,8-9,12,22H,7,10H2,1-2H3/t12-/m0/s1. The van der Waals surface area contributed by atoms with Gasteiger partial charge in [0, 0.05) is 28.6 Å². The molecule has 0 radical (unpaired) electrons. The highest BCUT2D eigenvalue weighted by molar-refractivity contribution is 7.18. The van der Waals surface area contributed by atoms with Gasteiger partial charge in [-0.3, -0.25) is 14.4 Å². The number of ether oxygens (including phenoxy) is 1. The Balaban J connectivity index is 1.61. The molecule has 2 heterocycles. The number of Topliss-reactive ketones (excluding diaryl/α,β-unsaturated/α-hetero) is 2. The van der Waals surface area contributed by atoms with Crippen LogP contribution in [0, 0.1) is 6.92 Å². The van der Waals surface area contributed by atoms with Crippen LogP contribution in [-0.4, -0.2) is 28.6 Å². The Kier molecular flexibility index (Phi) is 5.77. The Morgan fingerprint density at radius 3 is 2.59 bits per heavy atom. The predicted molar refractivity (Wildman–Crippen MR) is 106 cm³/mol. The zero-order valence-corrected chi connectivity index (χ0v) is 16.4. The third kappa shape index (κ3) is 4.28.